The molecule has 5 nitrogen and oxygen atoms in total. The summed E-state index contributed by atoms with van der Waals surface area (Å²) >= 11 is 0. The molecule has 0 aliphatic carbocycles. The van der Waals surface area contributed by atoms with E-state index in [4.69, 9.17) is 4.74 Å². The van der Waals surface area contributed by atoms with E-state index in [0.29, 0.717) is 23.8 Å². The van der Waals surface area contributed by atoms with Crippen molar-refractivity contribution in [3.8, 4) is 0 Å². The third-order valence-corrected chi connectivity index (χ3v) is 4.92. The Morgan fingerprint density at radius 3 is 2.16 bits per heavy atom. The summed E-state index contributed by atoms with van der Waals surface area (Å²) in [4.78, 5) is 11.8. The van der Waals surface area contributed by atoms with Crippen LogP contribution in [0.2, 0.25) is 0 Å². The molecule has 0 heterocycles. The first kappa shape index (κ1) is 19.0. The second-order valence-electron chi connectivity index (χ2n) is 6.15. The number of benzene rings is 2. The van der Waals surface area contributed by atoms with Crippen LogP contribution in [0.4, 0.5) is 5.69 Å². The lowest BCUT2D eigenvalue weighted by molar-refractivity contribution is 0.0526. The molecule has 0 spiro atoms. The highest BCUT2D eigenvalue weighted by molar-refractivity contribution is 7.92. The molecule has 0 aliphatic rings. The highest BCUT2D eigenvalue weighted by Crippen LogP contribution is 2.18. The Labute approximate surface area is 149 Å². The largest absolute Gasteiger partial charge is 0.462 e. The zero-order valence-corrected chi connectivity index (χ0v) is 15.5. The minimum atomic E-state index is -3.67. The predicted molar refractivity (Wildman–Crippen MR) is 98.2 cm³/mol. The zero-order chi connectivity index (χ0) is 18.4. The van der Waals surface area contributed by atoms with Crippen LogP contribution in [0.1, 0.15) is 36.7 Å². The number of hydrogen-bond acceptors (Lipinski definition) is 4. The summed E-state index contributed by atoms with van der Waals surface area (Å²) in [6.07, 6.45) is 0.906. The maximum Gasteiger partial charge on any atom is 0.338 e. The molecule has 0 unspecified atom stereocenters. The van der Waals surface area contributed by atoms with Gasteiger partial charge in [-0.2, -0.15) is 0 Å². The fourth-order valence-corrected chi connectivity index (χ4v) is 3.44. The van der Waals surface area contributed by atoms with E-state index >= 15 is 0 Å². The maximum absolute atomic E-state index is 12.5. The van der Waals surface area contributed by atoms with Crippen molar-refractivity contribution in [1.29, 1.82) is 0 Å². The van der Waals surface area contributed by atoms with Gasteiger partial charge in [-0.15, -0.1) is 0 Å². The van der Waals surface area contributed by atoms with Gasteiger partial charge in [0.15, 0.2) is 0 Å². The minimum absolute atomic E-state index is 0.203. The molecule has 0 aliphatic heterocycles. The zero-order valence-electron chi connectivity index (χ0n) is 14.7. The van der Waals surface area contributed by atoms with Gasteiger partial charge in [0.2, 0.25) is 0 Å². The highest BCUT2D eigenvalue weighted by Gasteiger charge is 2.15. The van der Waals surface area contributed by atoms with Gasteiger partial charge in [0.1, 0.15) is 0 Å². The summed E-state index contributed by atoms with van der Waals surface area (Å²) in [6, 6.07) is 13.0. The average Bonchev–Trinajstić information content (AvgIpc) is 2.55. The number of ether oxygens (including phenoxy) is 1. The Kier molecular flexibility index (Phi) is 6.20. The first-order chi connectivity index (χ1) is 11.8. The lowest BCUT2D eigenvalue weighted by Gasteiger charge is -2.10. The highest BCUT2D eigenvalue weighted by atomic mass is 32.2. The molecule has 2 aromatic rings. The summed E-state index contributed by atoms with van der Waals surface area (Å²) in [5.41, 5.74) is 1.87. The first-order valence-corrected chi connectivity index (χ1v) is 9.69. The third-order valence-electron chi connectivity index (χ3n) is 3.53. The molecular formula is C19H23NO4S. The van der Waals surface area contributed by atoms with Crippen molar-refractivity contribution in [1.82, 2.24) is 0 Å². The van der Waals surface area contributed by atoms with Crippen LogP contribution in [0.5, 0.6) is 0 Å². The van der Waals surface area contributed by atoms with Crippen molar-refractivity contribution < 1.29 is 17.9 Å². The monoisotopic (exact) mass is 361 g/mol. The normalized spacial score (nSPS) is 11.4. The van der Waals surface area contributed by atoms with Gasteiger partial charge < -0.3 is 4.74 Å². The Balaban J connectivity index is 2.11. The van der Waals surface area contributed by atoms with Gasteiger partial charge in [-0.05, 0) is 61.2 Å². The fraction of sp³-hybridized carbons (Fsp3) is 0.316. The Bertz CT molecular complexity index is 810. The van der Waals surface area contributed by atoms with Crippen molar-refractivity contribution in [3.63, 3.8) is 0 Å². The number of carbonyl (C=O) groups is 1. The van der Waals surface area contributed by atoms with Crippen LogP contribution in [0, 0.1) is 5.92 Å². The van der Waals surface area contributed by atoms with Crippen molar-refractivity contribution in [2.45, 2.75) is 32.1 Å². The van der Waals surface area contributed by atoms with Gasteiger partial charge in [-0.1, -0.05) is 26.0 Å². The van der Waals surface area contributed by atoms with Gasteiger partial charge in [0.25, 0.3) is 10.0 Å². The summed E-state index contributed by atoms with van der Waals surface area (Å²) in [5.74, 6) is 0.0798. The van der Waals surface area contributed by atoms with Gasteiger partial charge >= 0.3 is 5.97 Å². The van der Waals surface area contributed by atoms with Crippen molar-refractivity contribution in [2.24, 2.45) is 5.92 Å². The third kappa shape index (κ3) is 5.32. The number of nitrogens with one attached hydrogen (secondary N) is 1. The fourth-order valence-electron chi connectivity index (χ4n) is 2.38. The Morgan fingerprint density at radius 1 is 1.04 bits per heavy atom. The van der Waals surface area contributed by atoms with E-state index in [9.17, 15) is 13.2 Å². The smallest absolute Gasteiger partial charge is 0.338 e. The quantitative estimate of drug-likeness (QED) is 0.760. The molecule has 1 N–H and O–H groups in total. The van der Waals surface area contributed by atoms with E-state index < -0.39 is 16.0 Å². The average molecular weight is 361 g/mol. The molecule has 6 heteroatoms. The number of anilines is 1. The second-order valence-corrected chi connectivity index (χ2v) is 7.83. The lowest BCUT2D eigenvalue weighted by atomic mass is 10.0. The number of rotatable bonds is 7. The molecule has 134 valence electrons. The van der Waals surface area contributed by atoms with E-state index in [2.05, 4.69) is 18.6 Å². The summed E-state index contributed by atoms with van der Waals surface area (Å²) in [5, 5.41) is 0. The molecule has 2 aromatic carbocycles. The summed E-state index contributed by atoms with van der Waals surface area (Å²) < 4.78 is 32.3. The second kappa shape index (κ2) is 8.16. The predicted octanol–water partition coefficient (Wildman–Crippen LogP) is 3.86. The number of sulfonamides is 1. The molecule has 0 fully saturated rings. The van der Waals surface area contributed by atoms with Crippen molar-refractivity contribution in [2.75, 3.05) is 11.3 Å². The molecule has 25 heavy (non-hydrogen) atoms. The number of esters is 1. The van der Waals surface area contributed by atoms with Gasteiger partial charge in [-0.3, -0.25) is 4.72 Å². The van der Waals surface area contributed by atoms with E-state index in [1.54, 1.807) is 19.1 Å². The molecular weight excluding hydrogens is 338 g/mol. The van der Waals surface area contributed by atoms with Crippen LogP contribution in [0.15, 0.2) is 53.4 Å². The molecule has 0 atom stereocenters. The van der Waals surface area contributed by atoms with Gasteiger partial charge in [-0.25, -0.2) is 13.2 Å². The maximum atomic E-state index is 12.5. The van der Waals surface area contributed by atoms with E-state index in [1.807, 2.05) is 12.1 Å². The molecule has 0 aromatic heterocycles. The van der Waals surface area contributed by atoms with E-state index in [0.717, 1.165) is 12.0 Å². The lowest BCUT2D eigenvalue weighted by Crippen LogP contribution is -2.13. The standard InChI is InChI=1S/C19H23NO4S/c1-4-24-19(21)16-7-9-17(10-8-16)20-25(22,23)18-11-5-15(6-12-18)13-14(2)3/h5-12,14,20H,4,13H2,1-3H3. The van der Waals surface area contributed by atoms with Crippen molar-refractivity contribution in [3.05, 3.63) is 59.7 Å². The van der Waals surface area contributed by atoms with Gasteiger partial charge in [0, 0.05) is 5.69 Å². The van der Waals surface area contributed by atoms with Crippen LogP contribution in [0.3, 0.4) is 0 Å². The van der Waals surface area contributed by atoms with Crippen LogP contribution in [0.25, 0.3) is 0 Å². The molecule has 0 saturated heterocycles. The van der Waals surface area contributed by atoms with Crippen LogP contribution < -0.4 is 4.72 Å². The number of carbonyl (C=O) groups excluding carboxylic acids is 1. The molecule has 0 amide bonds. The van der Waals surface area contributed by atoms with E-state index in [-0.39, 0.29) is 4.90 Å². The van der Waals surface area contributed by atoms with Crippen LogP contribution in [-0.4, -0.2) is 21.0 Å². The SMILES string of the molecule is CCOC(=O)c1ccc(NS(=O)(=O)c2ccc(CC(C)C)cc2)cc1. The molecule has 0 bridgehead atoms. The summed E-state index contributed by atoms with van der Waals surface area (Å²) in [6.45, 7) is 6.26. The van der Waals surface area contributed by atoms with Crippen LogP contribution in [-0.2, 0) is 21.2 Å². The van der Waals surface area contributed by atoms with Crippen molar-refractivity contribution >= 4 is 21.7 Å². The first-order valence-electron chi connectivity index (χ1n) is 8.20. The summed E-state index contributed by atoms with van der Waals surface area (Å²) in [7, 11) is -3.67. The Hall–Kier alpha value is -2.34. The molecule has 0 radical (unpaired) electrons. The number of hydrogen-bond donors (Lipinski definition) is 1. The molecule has 0 saturated carbocycles. The van der Waals surface area contributed by atoms with Crippen LogP contribution >= 0.6 is 0 Å². The van der Waals surface area contributed by atoms with Gasteiger partial charge in [0.05, 0.1) is 17.1 Å². The minimum Gasteiger partial charge on any atom is -0.462 e. The Morgan fingerprint density at radius 2 is 1.64 bits per heavy atom. The molecule has 2 rings (SSSR count). The van der Waals surface area contributed by atoms with E-state index in [1.165, 1.54) is 24.3 Å². The topological polar surface area (TPSA) is 72.5 Å².